The third kappa shape index (κ3) is 4.14. The molecule has 1 saturated heterocycles. The summed E-state index contributed by atoms with van der Waals surface area (Å²) in [6.07, 6.45) is 1.06. The second-order valence-corrected chi connectivity index (χ2v) is 6.29. The Morgan fingerprint density at radius 2 is 1.88 bits per heavy atom. The topological polar surface area (TPSA) is 53.4 Å². The smallest absolute Gasteiger partial charge is 0.322 e. The molecule has 128 valence electrons. The quantitative estimate of drug-likeness (QED) is 0.936. The second-order valence-electron chi connectivity index (χ2n) is 6.29. The van der Waals surface area contributed by atoms with Crippen LogP contribution in [-0.2, 0) is 13.5 Å². The number of carbonyl (C=O) groups is 1. The van der Waals surface area contributed by atoms with Crippen LogP contribution in [0.25, 0.3) is 0 Å². The van der Waals surface area contributed by atoms with Crippen LogP contribution in [0.15, 0.2) is 36.4 Å². The molecule has 24 heavy (non-hydrogen) atoms. The highest BCUT2D eigenvalue weighted by Gasteiger charge is 2.21. The molecular weight excluding hydrogens is 302 g/mol. The van der Waals surface area contributed by atoms with Gasteiger partial charge in [0.15, 0.2) is 0 Å². The highest BCUT2D eigenvalue weighted by atomic mass is 16.2. The van der Waals surface area contributed by atoms with E-state index in [0.717, 1.165) is 50.7 Å². The molecule has 0 radical (unpaired) electrons. The van der Waals surface area contributed by atoms with Gasteiger partial charge in [0.25, 0.3) is 0 Å². The summed E-state index contributed by atoms with van der Waals surface area (Å²) < 4.78 is 1.70. The van der Waals surface area contributed by atoms with Crippen molar-refractivity contribution in [3.05, 3.63) is 47.7 Å². The highest BCUT2D eigenvalue weighted by molar-refractivity contribution is 5.88. The van der Waals surface area contributed by atoms with Gasteiger partial charge in [-0.05, 0) is 18.9 Å². The van der Waals surface area contributed by atoms with Crippen molar-refractivity contribution in [1.82, 2.24) is 19.6 Å². The molecule has 0 spiro atoms. The minimum absolute atomic E-state index is 0.0410. The fraction of sp³-hybridized carbons (Fsp3) is 0.444. The van der Waals surface area contributed by atoms with E-state index in [1.54, 1.807) is 4.68 Å². The van der Waals surface area contributed by atoms with Crippen molar-refractivity contribution >= 4 is 11.8 Å². The molecule has 1 fully saturated rings. The summed E-state index contributed by atoms with van der Waals surface area (Å²) in [5.74, 6) is 0.740. The third-order valence-electron chi connectivity index (χ3n) is 4.46. The molecule has 1 N–H and O–H groups in total. The predicted octanol–water partition coefficient (Wildman–Crippen LogP) is 2.12. The Morgan fingerprint density at radius 1 is 1.17 bits per heavy atom. The van der Waals surface area contributed by atoms with E-state index in [-0.39, 0.29) is 6.03 Å². The van der Waals surface area contributed by atoms with Gasteiger partial charge in [-0.2, -0.15) is 5.10 Å². The van der Waals surface area contributed by atoms with Crippen molar-refractivity contribution in [2.24, 2.45) is 7.05 Å². The highest BCUT2D eigenvalue weighted by Crippen LogP contribution is 2.11. The second kappa shape index (κ2) is 7.49. The number of aromatic nitrogens is 2. The van der Waals surface area contributed by atoms with E-state index in [9.17, 15) is 4.79 Å². The Bertz CT molecular complexity index is 674. The normalized spacial score (nSPS) is 15.5. The molecule has 1 aromatic carbocycles. The summed E-state index contributed by atoms with van der Waals surface area (Å²) in [5, 5.41) is 7.19. The average molecular weight is 327 g/mol. The molecule has 0 bridgehead atoms. The molecule has 3 rings (SSSR count). The minimum atomic E-state index is -0.0410. The van der Waals surface area contributed by atoms with Gasteiger partial charge in [-0.15, -0.1) is 0 Å². The van der Waals surface area contributed by atoms with Crippen molar-refractivity contribution < 1.29 is 4.79 Å². The third-order valence-corrected chi connectivity index (χ3v) is 4.46. The summed E-state index contributed by atoms with van der Waals surface area (Å²) in [6.45, 7) is 6.33. The molecule has 6 heteroatoms. The van der Waals surface area contributed by atoms with E-state index in [0.29, 0.717) is 0 Å². The summed E-state index contributed by atoms with van der Waals surface area (Å²) in [6, 6.07) is 12.4. The number of anilines is 1. The zero-order valence-electron chi connectivity index (χ0n) is 14.4. The summed E-state index contributed by atoms with van der Waals surface area (Å²) in [4.78, 5) is 16.7. The van der Waals surface area contributed by atoms with E-state index in [1.165, 1.54) is 5.56 Å². The first-order chi connectivity index (χ1) is 11.6. The fourth-order valence-electron chi connectivity index (χ4n) is 3.02. The van der Waals surface area contributed by atoms with Gasteiger partial charge in [0, 0.05) is 45.8 Å². The number of amides is 2. The fourth-order valence-corrected chi connectivity index (χ4v) is 3.02. The lowest BCUT2D eigenvalue weighted by Crippen LogP contribution is -2.50. The first-order valence-electron chi connectivity index (χ1n) is 8.44. The van der Waals surface area contributed by atoms with Crippen LogP contribution in [0, 0.1) is 6.92 Å². The minimum Gasteiger partial charge on any atom is -0.322 e. The van der Waals surface area contributed by atoms with Crippen molar-refractivity contribution in [1.29, 1.82) is 0 Å². The van der Waals surface area contributed by atoms with Gasteiger partial charge in [-0.25, -0.2) is 4.79 Å². The molecule has 0 aliphatic carbocycles. The van der Waals surface area contributed by atoms with E-state index in [2.05, 4.69) is 39.6 Å². The largest absolute Gasteiger partial charge is 0.323 e. The zero-order valence-corrected chi connectivity index (χ0v) is 14.4. The van der Waals surface area contributed by atoms with Crippen LogP contribution in [0.2, 0.25) is 0 Å². The van der Waals surface area contributed by atoms with Crippen LogP contribution in [-0.4, -0.2) is 58.3 Å². The van der Waals surface area contributed by atoms with Crippen LogP contribution in [0.4, 0.5) is 10.6 Å². The maximum atomic E-state index is 12.4. The van der Waals surface area contributed by atoms with Crippen LogP contribution in [0.1, 0.15) is 11.3 Å². The standard InChI is InChI=1S/C18H25N5O/c1-15-14-17(21(2)20-15)19-18(24)23-12-10-22(11-13-23)9-8-16-6-4-3-5-7-16/h3-7,14H,8-13H2,1-2H3,(H,19,24). The molecule has 1 aliphatic heterocycles. The van der Waals surface area contributed by atoms with Gasteiger partial charge in [0.2, 0.25) is 0 Å². The molecule has 2 heterocycles. The number of rotatable bonds is 4. The number of carbonyl (C=O) groups excluding carboxylic acids is 1. The van der Waals surface area contributed by atoms with Gasteiger partial charge < -0.3 is 4.90 Å². The number of piperazine rings is 1. The predicted molar refractivity (Wildman–Crippen MR) is 95.1 cm³/mol. The first-order valence-corrected chi connectivity index (χ1v) is 8.44. The van der Waals surface area contributed by atoms with E-state index < -0.39 is 0 Å². The number of nitrogens with zero attached hydrogens (tertiary/aromatic N) is 4. The van der Waals surface area contributed by atoms with Crippen LogP contribution in [0.3, 0.4) is 0 Å². The van der Waals surface area contributed by atoms with Gasteiger partial charge >= 0.3 is 6.03 Å². The van der Waals surface area contributed by atoms with Crippen LogP contribution >= 0.6 is 0 Å². The summed E-state index contributed by atoms with van der Waals surface area (Å²) in [7, 11) is 1.84. The maximum Gasteiger partial charge on any atom is 0.323 e. The Balaban J connectivity index is 1.44. The van der Waals surface area contributed by atoms with Crippen molar-refractivity contribution in [3.63, 3.8) is 0 Å². The number of benzene rings is 1. The van der Waals surface area contributed by atoms with Crippen molar-refractivity contribution in [2.45, 2.75) is 13.3 Å². The number of nitrogens with one attached hydrogen (secondary N) is 1. The Hall–Kier alpha value is -2.34. The van der Waals surface area contributed by atoms with Crippen LogP contribution in [0.5, 0.6) is 0 Å². The Labute approximate surface area is 143 Å². The van der Waals surface area contributed by atoms with E-state index in [4.69, 9.17) is 0 Å². The molecule has 1 aromatic heterocycles. The summed E-state index contributed by atoms with van der Waals surface area (Å²) in [5.41, 5.74) is 2.27. The van der Waals surface area contributed by atoms with E-state index in [1.807, 2.05) is 31.0 Å². The zero-order chi connectivity index (χ0) is 16.9. The van der Waals surface area contributed by atoms with Gasteiger partial charge in [0.1, 0.15) is 5.82 Å². The lowest BCUT2D eigenvalue weighted by atomic mass is 10.1. The number of aryl methyl sites for hydroxylation is 2. The number of hydrogen-bond donors (Lipinski definition) is 1. The Kier molecular flexibility index (Phi) is 5.15. The average Bonchev–Trinajstić information content (AvgIpc) is 2.91. The van der Waals surface area contributed by atoms with Crippen LogP contribution < -0.4 is 5.32 Å². The molecule has 2 aromatic rings. The van der Waals surface area contributed by atoms with Gasteiger partial charge in [0.05, 0.1) is 5.69 Å². The SMILES string of the molecule is Cc1cc(NC(=O)N2CCN(CCc3ccccc3)CC2)n(C)n1. The molecule has 0 atom stereocenters. The van der Waals surface area contributed by atoms with Gasteiger partial charge in [-0.1, -0.05) is 30.3 Å². The van der Waals surface area contributed by atoms with Crippen molar-refractivity contribution in [2.75, 3.05) is 38.0 Å². The molecule has 0 saturated carbocycles. The first kappa shape index (κ1) is 16.5. The molecule has 1 aliphatic rings. The van der Waals surface area contributed by atoms with Gasteiger partial charge in [-0.3, -0.25) is 14.9 Å². The van der Waals surface area contributed by atoms with Crippen molar-refractivity contribution in [3.8, 4) is 0 Å². The maximum absolute atomic E-state index is 12.4. The number of urea groups is 1. The lowest BCUT2D eigenvalue weighted by molar-refractivity contribution is 0.148. The molecular formula is C18H25N5O. The Morgan fingerprint density at radius 3 is 2.50 bits per heavy atom. The summed E-state index contributed by atoms with van der Waals surface area (Å²) >= 11 is 0. The molecule has 6 nitrogen and oxygen atoms in total. The number of hydrogen-bond acceptors (Lipinski definition) is 3. The molecule has 2 amide bonds. The lowest BCUT2D eigenvalue weighted by Gasteiger charge is -2.34. The molecule has 0 unspecified atom stereocenters. The monoisotopic (exact) mass is 327 g/mol. The van der Waals surface area contributed by atoms with E-state index >= 15 is 0 Å².